The maximum atomic E-state index is 16.2. The van der Waals surface area contributed by atoms with Crippen LogP contribution < -0.4 is 25.6 Å². The Bertz CT molecular complexity index is 2560. The second-order valence-corrected chi connectivity index (χ2v) is 19.4. The number of para-hydroxylation sites is 1. The van der Waals surface area contributed by atoms with Crippen molar-refractivity contribution in [1.29, 1.82) is 5.26 Å². The number of carboxylic acids is 3. The minimum absolute atomic E-state index is 0.0259. The molecule has 2 aromatic carbocycles. The van der Waals surface area contributed by atoms with Gasteiger partial charge in [0.25, 0.3) is 0 Å². The number of benzene rings is 2. The number of carbonyl (C=O) groups excluding carboxylic acids is 3. The van der Waals surface area contributed by atoms with E-state index in [2.05, 4.69) is 25.8 Å². The lowest BCUT2D eigenvalue weighted by Crippen LogP contribution is -2.54. The topological polar surface area (TPSA) is 265 Å². The second kappa shape index (κ2) is 27.9. The van der Waals surface area contributed by atoms with Gasteiger partial charge in [-0.15, -0.1) is 0 Å². The maximum Gasteiger partial charge on any atom is 0.416 e. The van der Waals surface area contributed by atoms with E-state index in [0.29, 0.717) is 55.2 Å². The zero-order valence-corrected chi connectivity index (χ0v) is 43.0. The number of aliphatic carboxylic acids is 3. The van der Waals surface area contributed by atoms with E-state index in [1.165, 1.54) is 18.3 Å². The molecular formula is C52H67F4N11O10. The van der Waals surface area contributed by atoms with Crippen molar-refractivity contribution < 1.29 is 66.4 Å². The van der Waals surface area contributed by atoms with Crippen LogP contribution in [0.3, 0.4) is 0 Å². The van der Waals surface area contributed by atoms with Crippen LogP contribution in [-0.4, -0.2) is 217 Å². The van der Waals surface area contributed by atoms with Crippen molar-refractivity contribution >= 4 is 41.3 Å². The Morgan fingerprint density at radius 1 is 0.753 bits per heavy atom. The summed E-state index contributed by atoms with van der Waals surface area (Å²) in [5.41, 5.74) is -1.34. The van der Waals surface area contributed by atoms with Gasteiger partial charge in [-0.3, -0.25) is 58.3 Å². The number of carbonyl (C=O) groups is 6. The average molecular weight is 1080 g/mol. The molecule has 0 radical (unpaired) electrons. The van der Waals surface area contributed by atoms with Crippen LogP contribution in [0.5, 0.6) is 5.75 Å². The Morgan fingerprint density at radius 3 is 1.87 bits per heavy atom. The van der Waals surface area contributed by atoms with Gasteiger partial charge < -0.3 is 40.9 Å². The SMILES string of the molecule is CCOc1ccccc1-c1ncc(C2(C(=O)N[C@@H]3CCN(CCNC(=O)CCNC(=O)CN4CCN(CC(=O)O)CCN(CC(=O)O)CCN(CC(=O)O)CC4)C3)CCN(c3ccc(C(F)(F)F)cc3C#N)CC2)cc1F. The molecule has 418 valence electrons. The summed E-state index contributed by atoms with van der Waals surface area (Å²) < 4.78 is 62.6. The third kappa shape index (κ3) is 17.3. The maximum absolute atomic E-state index is 16.2. The van der Waals surface area contributed by atoms with Crippen molar-refractivity contribution in [3.05, 3.63) is 77.2 Å². The summed E-state index contributed by atoms with van der Waals surface area (Å²) in [6.07, 6.45) is -2.38. The van der Waals surface area contributed by atoms with E-state index in [4.69, 9.17) is 4.74 Å². The van der Waals surface area contributed by atoms with Crippen LogP contribution in [0.15, 0.2) is 54.7 Å². The van der Waals surface area contributed by atoms with Gasteiger partial charge in [-0.25, -0.2) is 4.39 Å². The fourth-order valence-corrected chi connectivity index (χ4v) is 9.97. The number of hydrogen-bond acceptors (Lipinski definition) is 15. The molecule has 0 spiro atoms. The Balaban J connectivity index is 1.01. The lowest BCUT2D eigenvalue weighted by molar-refractivity contribution is -0.140. The first kappa shape index (κ1) is 59.3. The van der Waals surface area contributed by atoms with Crippen molar-refractivity contribution in [3.8, 4) is 23.1 Å². The first-order chi connectivity index (χ1) is 36.8. The van der Waals surface area contributed by atoms with Gasteiger partial charge in [0.05, 0.1) is 55.0 Å². The molecule has 25 heteroatoms. The zero-order valence-electron chi connectivity index (χ0n) is 43.0. The van der Waals surface area contributed by atoms with Crippen LogP contribution in [0.25, 0.3) is 11.3 Å². The number of nitriles is 1. The summed E-state index contributed by atoms with van der Waals surface area (Å²) in [6, 6.07) is 12.7. The van der Waals surface area contributed by atoms with Gasteiger partial charge in [-0.1, -0.05) is 12.1 Å². The van der Waals surface area contributed by atoms with E-state index in [1.807, 2.05) is 6.07 Å². The van der Waals surface area contributed by atoms with Crippen LogP contribution in [0, 0.1) is 17.1 Å². The number of piperidine rings is 1. The molecule has 3 aromatic rings. The molecule has 3 amide bonds. The first-order valence-electron chi connectivity index (χ1n) is 25.6. The molecule has 0 aliphatic carbocycles. The molecule has 6 N–H and O–H groups in total. The third-order valence-corrected chi connectivity index (χ3v) is 14.1. The number of pyridine rings is 1. The van der Waals surface area contributed by atoms with Gasteiger partial charge >= 0.3 is 24.1 Å². The molecule has 0 saturated carbocycles. The van der Waals surface area contributed by atoms with Crippen molar-refractivity contribution in [3.63, 3.8) is 0 Å². The molecule has 3 saturated heterocycles. The summed E-state index contributed by atoms with van der Waals surface area (Å²) in [6.45, 7) is 5.21. The highest BCUT2D eigenvalue weighted by Crippen LogP contribution is 2.41. The Morgan fingerprint density at radius 2 is 1.32 bits per heavy atom. The fraction of sp³-hybridized carbons (Fsp3) is 0.538. The van der Waals surface area contributed by atoms with Crippen LogP contribution in [-0.2, 0) is 40.4 Å². The molecule has 1 atom stereocenters. The van der Waals surface area contributed by atoms with E-state index in [1.54, 1.807) is 55.7 Å². The number of hydrogen-bond donors (Lipinski definition) is 6. The van der Waals surface area contributed by atoms with Crippen molar-refractivity contribution in [2.45, 2.75) is 50.2 Å². The summed E-state index contributed by atoms with van der Waals surface area (Å²) in [7, 11) is 0. The molecule has 3 aliphatic heterocycles. The van der Waals surface area contributed by atoms with Crippen LogP contribution in [0.1, 0.15) is 49.3 Å². The standard InChI is InChI=1S/C52H67F4N11O10/c1-2-77-43-6-4-3-5-40(43)49-41(53)28-38(30-60-49)51(11-16-67(17-12-51)42-8-7-37(52(54,55)56)27-36(42)29-57)50(76)61-39-10-15-62(31-39)18-14-59-44(68)9-13-58-45(69)32-63-19-21-64(33-46(70)71)23-25-66(35-48(74)75)26-24-65(22-20-63)34-47(72)73/h3-8,27-28,30,39H,2,9-26,31-35H2,1H3,(H,58,69)(H,59,68)(H,61,76)(H,70,71)(H,72,73)(H,74,75)/t39-/m1/s1. The lowest BCUT2D eigenvalue weighted by Gasteiger charge is -2.42. The monoisotopic (exact) mass is 1080 g/mol. The Labute approximate surface area is 443 Å². The summed E-state index contributed by atoms with van der Waals surface area (Å²) in [5.74, 6) is -4.51. The van der Waals surface area contributed by atoms with E-state index >= 15 is 4.39 Å². The van der Waals surface area contributed by atoms with Gasteiger partial charge in [0.15, 0.2) is 0 Å². The number of alkyl halides is 3. The third-order valence-electron chi connectivity index (χ3n) is 14.1. The molecule has 3 aliphatic rings. The predicted octanol–water partition coefficient (Wildman–Crippen LogP) is 2.00. The van der Waals surface area contributed by atoms with Crippen molar-refractivity contribution in [2.75, 3.05) is 136 Å². The average Bonchev–Trinajstić information content (AvgIpc) is 3.83. The number of likely N-dealkylation sites (tertiary alicyclic amines) is 1. The number of anilines is 1. The van der Waals surface area contributed by atoms with Gasteiger partial charge in [-0.2, -0.15) is 18.4 Å². The molecule has 77 heavy (non-hydrogen) atoms. The highest BCUT2D eigenvalue weighted by molar-refractivity contribution is 5.89. The minimum Gasteiger partial charge on any atom is -0.493 e. The van der Waals surface area contributed by atoms with Gasteiger partial charge in [-0.05, 0) is 68.1 Å². The highest BCUT2D eigenvalue weighted by atomic mass is 19.4. The van der Waals surface area contributed by atoms with Crippen LogP contribution in [0.2, 0.25) is 0 Å². The van der Waals surface area contributed by atoms with Gasteiger partial charge in [0.2, 0.25) is 17.7 Å². The van der Waals surface area contributed by atoms with Crippen LogP contribution >= 0.6 is 0 Å². The summed E-state index contributed by atoms with van der Waals surface area (Å²) in [4.78, 5) is 90.4. The molecule has 0 unspecified atom stereocenters. The number of ether oxygens (including phenoxy) is 1. The summed E-state index contributed by atoms with van der Waals surface area (Å²) in [5, 5.41) is 47.0. The molecule has 3 fully saturated rings. The van der Waals surface area contributed by atoms with Crippen molar-refractivity contribution in [1.82, 2.24) is 45.4 Å². The molecule has 6 rings (SSSR count). The zero-order chi connectivity index (χ0) is 55.7. The van der Waals surface area contributed by atoms with Crippen molar-refractivity contribution in [2.24, 2.45) is 0 Å². The highest BCUT2D eigenvalue weighted by Gasteiger charge is 2.45. The molecule has 21 nitrogen and oxygen atoms in total. The Hall–Kier alpha value is -6.98. The largest absolute Gasteiger partial charge is 0.493 e. The number of halogens is 4. The Kier molecular flexibility index (Phi) is 21.5. The second-order valence-electron chi connectivity index (χ2n) is 19.4. The van der Waals surface area contributed by atoms with Gasteiger partial charge in [0.1, 0.15) is 23.3 Å². The minimum atomic E-state index is -4.65. The normalized spacial score (nSPS) is 18.5. The number of carboxylic acid groups (broad SMARTS) is 3. The number of amides is 3. The molecule has 1 aromatic heterocycles. The quantitative estimate of drug-likeness (QED) is 0.0834. The molecule has 0 bridgehead atoms. The van der Waals surface area contributed by atoms with E-state index in [-0.39, 0.29) is 153 Å². The van der Waals surface area contributed by atoms with Crippen LogP contribution in [0.4, 0.5) is 23.2 Å². The first-order valence-corrected chi connectivity index (χ1v) is 25.6. The number of rotatable bonds is 21. The number of nitrogens with zero attached hydrogens (tertiary/aromatic N) is 8. The van der Waals surface area contributed by atoms with Gasteiger partial charge in [0, 0.05) is 122 Å². The summed E-state index contributed by atoms with van der Waals surface area (Å²) >= 11 is 0. The van der Waals surface area contributed by atoms with E-state index in [9.17, 15) is 62.5 Å². The predicted molar refractivity (Wildman–Crippen MR) is 272 cm³/mol. The number of aromatic nitrogens is 1. The number of nitrogens with one attached hydrogen (secondary N) is 3. The fourth-order valence-electron chi connectivity index (χ4n) is 9.97. The molecule has 4 heterocycles. The van der Waals surface area contributed by atoms with E-state index in [0.717, 1.165) is 12.1 Å². The van der Waals surface area contributed by atoms with E-state index < -0.39 is 46.8 Å². The molecular weight excluding hydrogens is 1010 g/mol. The smallest absolute Gasteiger partial charge is 0.416 e. The lowest BCUT2D eigenvalue weighted by atomic mass is 9.72.